The second kappa shape index (κ2) is 6.55. The Labute approximate surface area is 115 Å². The molecular formula is C15H23ClN2. The topological polar surface area (TPSA) is 29.3 Å². The Morgan fingerprint density at radius 2 is 2.11 bits per heavy atom. The number of halogens is 1. The average Bonchev–Trinajstić information content (AvgIpc) is 2.32. The van der Waals surface area contributed by atoms with Gasteiger partial charge in [-0.15, -0.1) is 0 Å². The van der Waals surface area contributed by atoms with Crippen molar-refractivity contribution in [2.45, 2.75) is 38.8 Å². The van der Waals surface area contributed by atoms with E-state index in [1.807, 2.05) is 12.1 Å². The second-order valence-corrected chi connectivity index (χ2v) is 6.02. The minimum Gasteiger partial charge on any atom is -0.328 e. The van der Waals surface area contributed by atoms with Crippen molar-refractivity contribution in [3.63, 3.8) is 0 Å². The molecule has 0 aliphatic carbocycles. The number of hydrogen-bond acceptors (Lipinski definition) is 2. The summed E-state index contributed by atoms with van der Waals surface area (Å²) in [4.78, 5) is 2.54. The molecule has 1 aromatic carbocycles. The SMILES string of the molecule is CC(N)CC1CCCN(Cc2ccc(Cl)cc2)C1. The van der Waals surface area contributed by atoms with Crippen LogP contribution in [0.25, 0.3) is 0 Å². The number of benzene rings is 1. The van der Waals surface area contributed by atoms with Crippen molar-refractivity contribution in [1.29, 1.82) is 0 Å². The summed E-state index contributed by atoms with van der Waals surface area (Å²) < 4.78 is 0. The van der Waals surface area contributed by atoms with E-state index in [4.69, 9.17) is 17.3 Å². The van der Waals surface area contributed by atoms with Gasteiger partial charge in [-0.05, 0) is 56.3 Å². The highest BCUT2D eigenvalue weighted by Crippen LogP contribution is 2.22. The zero-order chi connectivity index (χ0) is 13.0. The maximum absolute atomic E-state index is 5.91. The van der Waals surface area contributed by atoms with E-state index in [1.165, 1.54) is 31.5 Å². The molecule has 0 bridgehead atoms. The van der Waals surface area contributed by atoms with Crippen LogP contribution in [-0.2, 0) is 6.54 Å². The monoisotopic (exact) mass is 266 g/mol. The quantitative estimate of drug-likeness (QED) is 0.906. The molecule has 0 spiro atoms. The van der Waals surface area contributed by atoms with Gasteiger partial charge in [0.2, 0.25) is 0 Å². The van der Waals surface area contributed by atoms with Gasteiger partial charge in [-0.3, -0.25) is 4.90 Å². The Morgan fingerprint density at radius 3 is 2.78 bits per heavy atom. The maximum Gasteiger partial charge on any atom is 0.0406 e. The molecule has 1 fully saturated rings. The highest BCUT2D eigenvalue weighted by atomic mass is 35.5. The molecular weight excluding hydrogens is 244 g/mol. The van der Waals surface area contributed by atoms with Crippen LogP contribution in [0, 0.1) is 5.92 Å². The molecule has 3 heteroatoms. The van der Waals surface area contributed by atoms with Gasteiger partial charge in [0.05, 0.1) is 0 Å². The molecule has 0 radical (unpaired) electrons. The number of hydrogen-bond donors (Lipinski definition) is 1. The molecule has 0 saturated carbocycles. The van der Waals surface area contributed by atoms with E-state index in [0.717, 1.165) is 23.9 Å². The molecule has 2 unspecified atom stereocenters. The van der Waals surface area contributed by atoms with E-state index in [2.05, 4.69) is 24.0 Å². The third-order valence-electron chi connectivity index (χ3n) is 3.63. The first-order chi connectivity index (χ1) is 8.63. The molecule has 100 valence electrons. The molecule has 2 nitrogen and oxygen atoms in total. The third-order valence-corrected chi connectivity index (χ3v) is 3.88. The van der Waals surface area contributed by atoms with Gasteiger partial charge in [-0.2, -0.15) is 0 Å². The highest BCUT2D eigenvalue weighted by Gasteiger charge is 2.20. The standard InChI is InChI=1S/C15H23ClN2/c1-12(17)9-14-3-2-8-18(11-14)10-13-4-6-15(16)7-5-13/h4-7,12,14H,2-3,8-11,17H2,1H3. The fourth-order valence-electron chi connectivity index (χ4n) is 2.86. The number of piperidine rings is 1. The van der Waals surface area contributed by atoms with Crippen LogP contribution < -0.4 is 5.73 Å². The number of nitrogens with two attached hydrogens (primary N) is 1. The lowest BCUT2D eigenvalue weighted by Gasteiger charge is -2.33. The van der Waals surface area contributed by atoms with Crippen LogP contribution in [0.1, 0.15) is 31.7 Å². The fraction of sp³-hybridized carbons (Fsp3) is 0.600. The molecule has 1 aliphatic rings. The molecule has 1 aromatic rings. The summed E-state index contributed by atoms with van der Waals surface area (Å²) in [5, 5.41) is 0.812. The van der Waals surface area contributed by atoms with Gasteiger partial charge in [0.1, 0.15) is 0 Å². The van der Waals surface area contributed by atoms with E-state index in [0.29, 0.717) is 6.04 Å². The highest BCUT2D eigenvalue weighted by molar-refractivity contribution is 6.30. The zero-order valence-electron chi connectivity index (χ0n) is 11.1. The van der Waals surface area contributed by atoms with Gasteiger partial charge < -0.3 is 5.73 Å². The largest absolute Gasteiger partial charge is 0.328 e. The normalized spacial score (nSPS) is 22.9. The number of nitrogens with zero attached hydrogens (tertiary/aromatic N) is 1. The Morgan fingerprint density at radius 1 is 1.39 bits per heavy atom. The predicted octanol–water partition coefficient (Wildman–Crippen LogP) is 3.29. The molecule has 0 aromatic heterocycles. The Bertz CT molecular complexity index is 361. The molecule has 1 heterocycles. The molecule has 1 saturated heterocycles. The van der Waals surface area contributed by atoms with E-state index in [1.54, 1.807) is 0 Å². The number of rotatable bonds is 4. The Kier molecular flexibility index (Phi) is 5.04. The zero-order valence-corrected chi connectivity index (χ0v) is 11.9. The van der Waals surface area contributed by atoms with Crippen molar-refractivity contribution in [1.82, 2.24) is 4.90 Å². The van der Waals surface area contributed by atoms with Crippen molar-refractivity contribution >= 4 is 11.6 Å². The fourth-order valence-corrected chi connectivity index (χ4v) is 2.99. The molecule has 0 amide bonds. The van der Waals surface area contributed by atoms with Gasteiger partial charge in [-0.25, -0.2) is 0 Å². The minimum atomic E-state index is 0.325. The first-order valence-corrected chi connectivity index (χ1v) is 7.23. The lowest BCUT2D eigenvalue weighted by atomic mass is 9.92. The van der Waals surface area contributed by atoms with E-state index in [9.17, 15) is 0 Å². The lowest BCUT2D eigenvalue weighted by Crippen LogP contribution is -2.37. The van der Waals surface area contributed by atoms with Crippen LogP contribution in [0.2, 0.25) is 5.02 Å². The van der Waals surface area contributed by atoms with Crippen LogP contribution in [0.3, 0.4) is 0 Å². The Hall–Kier alpha value is -0.570. The van der Waals surface area contributed by atoms with Crippen LogP contribution >= 0.6 is 11.6 Å². The van der Waals surface area contributed by atoms with E-state index in [-0.39, 0.29) is 0 Å². The van der Waals surface area contributed by atoms with E-state index < -0.39 is 0 Å². The lowest BCUT2D eigenvalue weighted by molar-refractivity contribution is 0.158. The summed E-state index contributed by atoms with van der Waals surface area (Å²) in [6, 6.07) is 8.51. The first-order valence-electron chi connectivity index (χ1n) is 6.86. The van der Waals surface area contributed by atoms with Crippen molar-refractivity contribution in [3.05, 3.63) is 34.9 Å². The summed E-state index contributed by atoms with van der Waals surface area (Å²) in [5.41, 5.74) is 7.25. The van der Waals surface area contributed by atoms with Crippen molar-refractivity contribution in [2.75, 3.05) is 13.1 Å². The average molecular weight is 267 g/mol. The van der Waals surface area contributed by atoms with Crippen molar-refractivity contribution in [2.24, 2.45) is 11.7 Å². The van der Waals surface area contributed by atoms with Crippen LogP contribution in [0.4, 0.5) is 0 Å². The third kappa shape index (κ3) is 4.27. The summed E-state index contributed by atoms with van der Waals surface area (Å²) in [6.45, 7) is 5.53. The molecule has 2 atom stereocenters. The Balaban J connectivity index is 1.87. The molecule has 1 aliphatic heterocycles. The van der Waals surface area contributed by atoms with Crippen LogP contribution in [0.5, 0.6) is 0 Å². The molecule has 18 heavy (non-hydrogen) atoms. The van der Waals surface area contributed by atoms with Crippen molar-refractivity contribution in [3.8, 4) is 0 Å². The second-order valence-electron chi connectivity index (χ2n) is 5.58. The van der Waals surface area contributed by atoms with Crippen molar-refractivity contribution < 1.29 is 0 Å². The van der Waals surface area contributed by atoms with Gasteiger partial charge in [0.15, 0.2) is 0 Å². The van der Waals surface area contributed by atoms with Crippen LogP contribution in [-0.4, -0.2) is 24.0 Å². The summed E-state index contributed by atoms with van der Waals surface area (Å²) in [5.74, 6) is 0.769. The number of likely N-dealkylation sites (tertiary alicyclic amines) is 1. The summed E-state index contributed by atoms with van der Waals surface area (Å²) in [7, 11) is 0. The molecule has 2 rings (SSSR count). The summed E-state index contributed by atoms with van der Waals surface area (Å²) in [6.07, 6.45) is 3.78. The van der Waals surface area contributed by atoms with Gasteiger partial charge in [-0.1, -0.05) is 23.7 Å². The van der Waals surface area contributed by atoms with E-state index >= 15 is 0 Å². The smallest absolute Gasteiger partial charge is 0.0406 e. The van der Waals surface area contributed by atoms with Crippen LogP contribution in [0.15, 0.2) is 24.3 Å². The molecule has 2 N–H and O–H groups in total. The first kappa shape index (κ1) is 13.9. The van der Waals surface area contributed by atoms with Gasteiger partial charge in [0.25, 0.3) is 0 Å². The minimum absolute atomic E-state index is 0.325. The predicted molar refractivity (Wildman–Crippen MR) is 77.7 cm³/mol. The summed E-state index contributed by atoms with van der Waals surface area (Å²) >= 11 is 5.91. The van der Waals surface area contributed by atoms with Gasteiger partial charge >= 0.3 is 0 Å². The maximum atomic E-state index is 5.91. The van der Waals surface area contributed by atoms with Gasteiger partial charge in [0, 0.05) is 24.2 Å².